The first-order chi connectivity index (χ1) is 13.9. The summed E-state index contributed by atoms with van der Waals surface area (Å²) in [4.78, 5) is 33.2. The van der Waals surface area contributed by atoms with Crippen LogP contribution in [0.1, 0.15) is 24.8 Å². The standard InChI is InChI=1S/C20H22N4O4S/c1-4-27-15-5-6-16-17(9-15)29-20(21-16)24-10-13(8-18(24)25)19(26)23(3)11-14-7-12(2)28-22-14/h5-7,9,13H,4,8,10-11H2,1-3H3. The van der Waals surface area contributed by atoms with Crippen molar-refractivity contribution in [1.82, 2.24) is 15.0 Å². The van der Waals surface area contributed by atoms with Gasteiger partial charge in [0.25, 0.3) is 0 Å². The van der Waals surface area contributed by atoms with Crippen LogP contribution in [-0.2, 0) is 16.1 Å². The van der Waals surface area contributed by atoms with E-state index < -0.39 is 5.92 Å². The molecule has 1 aliphatic rings. The van der Waals surface area contributed by atoms with Crippen molar-refractivity contribution in [1.29, 1.82) is 0 Å². The van der Waals surface area contributed by atoms with E-state index in [1.807, 2.05) is 25.1 Å². The number of ether oxygens (including phenoxy) is 1. The summed E-state index contributed by atoms with van der Waals surface area (Å²) in [6.45, 7) is 5.01. The Morgan fingerprint density at radius 3 is 2.97 bits per heavy atom. The SMILES string of the molecule is CCOc1ccc2nc(N3CC(C(=O)N(C)Cc4cc(C)on4)CC3=O)sc2c1. The molecule has 1 aliphatic heterocycles. The molecule has 0 N–H and O–H groups in total. The zero-order chi connectivity index (χ0) is 20.5. The number of hydrogen-bond donors (Lipinski definition) is 0. The number of fused-ring (bicyclic) bond motifs is 1. The lowest BCUT2D eigenvalue weighted by atomic mass is 10.1. The number of anilines is 1. The van der Waals surface area contributed by atoms with Crippen LogP contribution in [-0.4, -0.2) is 47.1 Å². The van der Waals surface area contributed by atoms with Gasteiger partial charge in [-0.1, -0.05) is 16.5 Å². The number of amides is 2. The summed E-state index contributed by atoms with van der Waals surface area (Å²) in [6.07, 6.45) is 0.182. The van der Waals surface area contributed by atoms with Gasteiger partial charge in [0.05, 0.1) is 29.3 Å². The monoisotopic (exact) mass is 414 g/mol. The molecule has 4 rings (SSSR count). The van der Waals surface area contributed by atoms with E-state index >= 15 is 0 Å². The van der Waals surface area contributed by atoms with Crippen LogP contribution in [0.25, 0.3) is 10.2 Å². The molecule has 2 aromatic heterocycles. The average molecular weight is 414 g/mol. The molecule has 0 bridgehead atoms. The van der Waals surface area contributed by atoms with E-state index in [1.54, 1.807) is 29.8 Å². The number of aromatic nitrogens is 2. The molecule has 0 spiro atoms. The molecule has 1 saturated heterocycles. The van der Waals surface area contributed by atoms with Crippen molar-refractivity contribution in [3.8, 4) is 5.75 Å². The minimum absolute atomic E-state index is 0.0822. The number of thiazole rings is 1. The van der Waals surface area contributed by atoms with Gasteiger partial charge >= 0.3 is 0 Å². The predicted molar refractivity (Wildman–Crippen MR) is 109 cm³/mol. The van der Waals surface area contributed by atoms with Crippen LogP contribution in [0.5, 0.6) is 5.75 Å². The normalized spacial score (nSPS) is 16.6. The number of nitrogens with zero attached hydrogens (tertiary/aromatic N) is 4. The van der Waals surface area contributed by atoms with E-state index in [0.717, 1.165) is 16.0 Å². The van der Waals surface area contributed by atoms with Crippen molar-refractivity contribution >= 4 is 38.5 Å². The van der Waals surface area contributed by atoms with E-state index in [-0.39, 0.29) is 18.2 Å². The van der Waals surface area contributed by atoms with Crippen LogP contribution in [0.2, 0.25) is 0 Å². The third-order valence-electron chi connectivity index (χ3n) is 4.82. The van der Waals surface area contributed by atoms with Gasteiger partial charge < -0.3 is 14.2 Å². The van der Waals surface area contributed by atoms with Crippen LogP contribution in [0.4, 0.5) is 5.13 Å². The number of benzene rings is 1. The Morgan fingerprint density at radius 1 is 1.41 bits per heavy atom. The van der Waals surface area contributed by atoms with Gasteiger partial charge in [-0.2, -0.15) is 0 Å². The summed E-state index contributed by atoms with van der Waals surface area (Å²) >= 11 is 1.43. The Hall–Kier alpha value is -2.94. The van der Waals surface area contributed by atoms with Crippen molar-refractivity contribution in [3.05, 3.63) is 35.7 Å². The smallest absolute Gasteiger partial charge is 0.229 e. The van der Waals surface area contributed by atoms with E-state index in [2.05, 4.69) is 10.1 Å². The van der Waals surface area contributed by atoms with E-state index in [9.17, 15) is 9.59 Å². The first-order valence-corrected chi connectivity index (χ1v) is 10.3. The molecule has 9 heteroatoms. The van der Waals surface area contributed by atoms with Gasteiger partial charge in [0, 0.05) is 26.1 Å². The fraction of sp³-hybridized carbons (Fsp3) is 0.400. The molecular formula is C20H22N4O4S. The maximum atomic E-state index is 12.8. The molecule has 1 aromatic carbocycles. The Morgan fingerprint density at radius 2 is 2.24 bits per heavy atom. The van der Waals surface area contributed by atoms with Crippen molar-refractivity contribution in [2.24, 2.45) is 5.92 Å². The first-order valence-electron chi connectivity index (χ1n) is 9.45. The van der Waals surface area contributed by atoms with E-state index in [0.29, 0.717) is 36.3 Å². The quantitative estimate of drug-likeness (QED) is 0.616. The molecule has 0 aliphatic carbocycles. The average Bonchev–Trinajstić information content (AvgIpc) is 3.39. The molecule has 1 atom stereocenters. The molecule has 3 heterocycles. The second-order valence-electron chi connectivity index (χ2n) is 7.09. The first kappa shape index (κ1) is 19.4. The molecule has 1 unspecified atom stereocenters. The summed E-state index contributed by atoms with van der Waals surface area (Å²) in [6, 6.07) is 7.48. The van der Waals surface area contributed by atoms with Gasteiger partial charge in [0.15, 0.2) is 5.13 Å². The molecular weight excluding hydrogens is 392 g/mol. The van der Waals surface area contributed by atoms with Gasteiger partial charge in [-0.15, -0.1) is 0 Å². The summed E-state index contributed by atoms with van der Waals surface area (Å²) in [5.41, 5.74) is 1.50. The molecule has 2 amide bonds. The third-order valence-corrected chi connectivity index (χ3v) is 5.86. The van der Waals surface area contributed by atoms with Crippen molar-refractivity contribution < 1.29 is 18.8 Å². The van der Waals surface area contributed by atoms with Gasteiger partial charge in [-0.3, -0.25) is 14.5 Å². The fourth-order valence-electron chi connectivity index (χ4n) is 3.45. The van der Waals surface area contributed by atoms with E-state index in [1.165, 1.54) is 11.3 Å². The van der Waals surface area contributed by atoms with Gasteiger partial charge in [-0.25, -0.2) is 4.98 Å². The van der Waals surface area contributed by atoms with Crippen LogP contribution in [0.3, 0.4) is 0 Å². The predicted octanol–water partition coefficient (Wildman–Crippen LogP) is 3.00. The minimum atomic E-state index is -0.397. The van der Waals surface area contributed by atoms with Gasteiger partial charge in [-0.05, 0) is 32.0 Å². The number of hydrogen-bond acceptors (Lipinski definition) is 7. The Balaban J connectivity index is 1.47. The highest BCUT2D eigenvalue weighted by Crippen LogP contribution is 2.34. The second-order valence-corrected chi connectivity index (χ2v) is 8.10. The highest BCUT2D eigenvalue weighted by molar-refractivity contribution is 7.22. The van der Waals surface area contributed by atoms with Crippen molar-refractivity contribution in [3.63, 3.8) is 0 Å². The van der Waals surface area contributed by atoms with Crippen LogP contribution in [0.15, 0.2) is 28.8 Å². The molecule has 0 saturated carbocycles. The number of aryl methyl sites for hydroxylation is 1. The number of carbonyl (C=O) groups is 2. The largest absolute Gasteiger partial charge is 0.494 e. The maximum Gasteiger partial charge on any atom is 0.229 e. The molecule has 29 heavy (non-hydrogen) atoms. The summed E-state index contributed by atoms with van der Waals surface area (Å²) in [5, 5.41) is 4.54. The molecule has 8 nitrogen and oxygen atoms in total. The zero-order valence-corrected chi connectivity index (χ0v) is 17.4. The molecule has 152 valence electrons. The Kier molecular flexibility index (Phi) is 5.23. The summed E-state index contributed by atoms with van der Waals surface area (Å²) in [5.74, 6) is 0.915. The highest BCUT2D eigenvalue weighted by Gasteiger charge is 2.38. The lowest BCUT2D eigenvalue weighted by Gasteiger charge is -2.19. The van der Waals surface area contributed by atoms with Crippen LogP contribution >= 0.6 is 11.3 Å². The van der Waals surface area contributed by atoms with E-state index in [4.69, 9.17) is 9.26 Å². The second kappa shape index (κ2) is 7.82. The molecule has 3 aromatic rings. The summed E-state index contributed by atoms with van der Waals surface area (Å²) < 4.78 is 11.5. The maximum absolute atomic E-state index is 12.8. The van der Waals surface area contributed by atoms with Crippen LogP contribution in [0, 0.1) is 12.8 Å². The highest BCUT2D eigenvalue weighted by atomic mass is 32.1. The van der Waals surface area contributed by atoms with Gasteiger partial charge in [0.2, 0.25) is 11.8 Å². The number of carbonyl (C=O) groups excluding carboxylic acids is 2. The lowest BCUT2D eigenvalue weighted by Crippen LogP contribution is -2.34. The third kappa shape index (κ3) is 3.95. The Labute approximate surface area is 172 Å². The molecule has 0 radical (unpaired) electrons. The Bertz CT molecular complexity index is 1060. The summed E-state index contributed by atoms with van der Waals surface area (Å²) in [7, 11) is 1.71. The molecule has 1 fully saturated rings. The topological polar surface area (TPSA) is 88.8 Å². The number of rotatable bonds is 6. The van der Waals surface area contributed by atoms with Gasteiger partial charge in [0.1, 0.15) is 17.2 Å². The lowest BCUT2D eigenvalue weighted by molar-refractivity contribution is -0.135. The zero-order valence-electron chi connectivity index (χ0n) is 16.5. The fourth-order valence-corrected chi connectivity index (χ4v) is 4.47. The van der Waals surface area contributed by atoms with Crippen LogP contribution < -0.4 is 9.64 Å². The minimum Gasteiger partial charge on any atom is -0.494 e. The van der Waals surface area contributed by atoms with Crippen molar-refractivity contribution in [2.45, 2.75) is 26.8 Å². The van der Waals surface area contributed by atoms with Crippen molar-refractivity contribution in [2.75, 3.05) is 25.1 Å².